The molecule has 3 rings (SSSR count). The van der Waals surface area contributed by atoms with E-state index in [1.54, 1.807) is 37.3 Å². The Hall–Kier alpha value is -3.26. The van der Waals surface area contributed by atoms with Crippen LogP contribution < -0.4 is 14.4 Å². The number of carbonyl (C=O) groups is 1. The number of para-hydroxylation sites is 2. The van der Waals surface area contributed by atoms with Gasteiger partial charge in [-0.05, 0) is 56.7 Å². The van der Waals surface area contributed by atoms with E-state index in [4.69, 9.17) is 9.15 Å². The van der Waals surface area contributed by atoms with Crippen molar-refractivity contribution in [2.45, 2.75) is 32.2 Å². The second-order valence-electron chi connectivity index (χ2n) is 7.24. The van der Waals surface area contributed by atoms with Gasteiger partial charge in [-0.3, -0.25) is 9.10 Å². The Morgan fingerprint density at radius 1 is 1.10 bits per heavy atom. The molecule has 0 spiro atoms. The van der Waals surface area contributed by atoms with Gasteiger partial charge in [0, 0.05) is 24.7 Å². The van der Waals surface area contributed by atoms with Crippen molar-refractivity contribution in [2.75, 3.05) is 18.5 Å². The Kier molecular flexibility index (Phi) is 6.40. The van der Waals surface area contributed by atoms with Crippen molar-refractivity contribution in [3.63, 3.8) is 0 Å². The van der Waals surface area contributed by atoms with Crippen LogP contribution in [0.3, 0.4) is 0 Å². The highest BCUT2D eigenvalue weighted by molar-refractivity contribution is 7.92. The van der Waals surface area contributed by atoms with Gasteiger partial charge >= 0.3 is 0 Å². The minimum atomic E-state index is -3.91. The molecule has 8 heteroatoms. The summed E-state index contributed by atoms with van der Waals surface area (Å²) in [6, 6.07) is 13.2. The lowest BCUT2D eigenvalue weighted by Crippen LogP contribution is -2.28. The van der Waals surface area contributed by atoms with Crippen LogP contribution in [0.4, 0.5) is 5.69 Å². The third-order valence-electron chi connectivity index (χ3n) is 5.12. The van der Waals surface area contributed by atoms with Crippen LogP contribution in [0.2, 0.25) is 0 Å². The number of methoxy groups -OCH3 is 1. The molecule has 0 bridgehead atoms. The summed E-state index contributed by atoms with van der Waals surface area (Å²) in [6.07, 6.45) is 0. The maximum Gasteiger partial charge on any atom is 0.264 e. The minimum Gasteiger partial charge on any atom is -0.495 e. The first-order valence-electron chi connectivity index (χ1n) is 9.72. The fraction of sp³-hybridized carbons (Fsp3) is 0.261. The second kappa shape index (κ2) is 8.85. The molecule has 1 aromatic heterocycles. The predicted molar refractivity (Wildman–Crippen MR) is 119 cm³/mol. The maximum atomic E-state index is 13.2. The summed E-state index contributed by atoms with van der Waals surface area (Å²) in [6.45, 7) is 5.73. The summed E-state index contributed by atoms with van der Waals surface area (Å²) in [5.74, 6) is 1.59. The summed E-state index contributed by atoms with van der Waals surface area (Å²) in [5, 5.41) is 2.84. The third kappa shape index (κ3) is 4.59. The number of amides is 1. The van der Waals surface area contributed by atoms with E-state index >= 15 is 0 Å². The lowest BCUT2D eigenvalue weighted by atomic mass is 10.1. The van der Waals surface area contributed by atoms with Gasteiger partial charge in [0.15, 0.2) is 0 Å². The molecule has 31 heavy (non-hydrogen) atoms. The molecule has 1 N–H and O–H groups in total. The molecule has 2 aromatic carbocycles. The van der Waals surface area contributed by atoms with Crippen LogP contribution in [-0.4, -0.2) is 28.5 Å². The zero-order valence-electron chi connectivity index (χ0n) is 18.2. The Balaban J connectivity index is 1.88. The highest BCUT2D eigenvalue weighted by Gasteiger charge is 2.25. The Morgan fingerprint density at radius 2 is 1.81 bits per heavy atom. The first-order valence-corrected chi connectivity index (χ1v) is 11.2. The zero-order valence-corrected chi connectivity index (χ0v) is 19.0. The van der Waals surface area contributed by atoms with E-state index in [0.29, 0.717) is 29.1 Å². The largest absolute Gasteiger partial charge is 0.495 e. The molecule has 0 aliphatic rings. The first kappa shape index (κ1) is 22.4. The van der Waals surface area contributed by atoms with E-state index in [0.717, 1.165) is 21.4 Å². The first-order chi connectivity index (χ1) is 14.6. The Bertz CT molecular complexity index is 1210. The van der Waals surface area contributed by atoms with Gasteiger partial charge in [-0.25, -0.2) is 8.42 Å². The maximum absolute atomic E-state index is 13.2. The molecule has 0 radical (unpaired) electrons. The fourth-order valence-electron chi connectivity index (χ4n) is 3.31. The van der Waals surface area contributed by atoms with Gasteiger partial charge in [0.2, 0.25) is 0 Å². The lowest BCUT2D eigenvalue weighted by Gasteiger charge is -2.22. The average Bonchev–Trinajstić information content (AvgIpc) is 3.08. The number of benzene rings is 2. The van der Waals surface area contributed by atoms with Crippen LogP contribution in [0.15, 0.2) is 57.8 Å². The van der Waals surface area contributed by atoms with Crippen LogP contribution in [0.1, 0.15) is 33.0 Å². The summed E-state index contributed by atoms with van der Waals surface area (Å²) in [7, 11) is -0.971. The van der Waals surface area contributed by atoms with Crippen LogP contribution >= 0.6 is 0 Å². The molecular formula is C23H26N2O5S. The smallest absolute Gasteiger partial charge is 0.264 e. The number of sulfonamides is 1. The molecule has 0 saturated carbocycles. The van der Waals surface area contributed by atoms with Crippen LogP contribution in [-0.2, 0) is 16.6 Å². The number of anilines is 1. The molecular weight excluding hydrogens is 416 g/mol. The molecule has 7 nitrogen and oxygen atoms in total. The van der Waals surface area contributed by atoms with Crippen molar-refractivity contribution in [3.05, 3.63) is 76.7 Å². The van der Waals surface area contributed by atoms with Crippen molar-refractivity contribution in [2.24, 2.45) is 0 Å². The van der Waals surface area contributed by atoms with Crippen LogP contribution in [0, 0.1) is 20.8 Å². The van der Waals surface area contributed by atoms with Crippen molar-refractivity contribution < 1.29 is 22.4 Å². The molecule has 1 amide bonds. The van der Waals surface area contributed by atoms with Crippen molar-refractivity contribution >= 4 is 21.6 Å². The highest BCUT2D eigenvalue weighted by Crippen LogP contribution is 2.31. The summed E-state index contributed by atoms with van der Waals surface area (Å²) in [5.41, 5.74) is 2.26. The number of aryl methyl sites for hydroxylation is 3. The van der Waals surface area contributed by atoms with Crippen molar-refractivity contribution in [1.82, 2.24) is 5.32 Å². The molecule has 0 unspecified atom stereocenters. The van der Waals surface area contributed by atoms with Crippen molar-refractivity contribution in [1.29, 1.82) is 0 Å². The zero-order chi connectivity index (χ0) is 22.8. The molecule has 0 atom stereocenters. The Morgan fingerprint density at radius 3 is 2.45 bits per heavy atom. The van der Waals surface area contributed by atoms with E-state index in [-0.39, 0.29) is 10.8 Å². The quantitative estimate of drug-likeness (QED) is 0.598. The summed E-state index contributed by atoms with van der Waals surface area (Å²) in [4.78, 5) is 12.8. The monoisotopic (exact) mass is 442 g/mol. The van der Waals surface area contributed by atoms with E-state index in [1.165, 1.54) is 26.3 Å². The number of hydrogen-bond donors (Lipinski definition) is 1. The minimum absolute atomic E-state index is 0.0204. The molecule has 0 fully saturated rings. The number of hydrogen-bond acceptors (Lipinski definition) is 5. The number of furan rings is 1. The standard InChI is InChI=1S/C23H26N2O5S/c1-15-10-11-19(31(27,28)25(4)21-8-6-7-9-22(21)29-5)13-20(15)23(26)24-14-18-12-16(2)30-17(18)3/h6-13H,14H2,1-5H3,(H,24,26). The molecule has 0 aliphatic heterocycles. The molecule has 0 aliphatic carbocycles. The predicted octanol–water partition coefficient (Wildman–Crippen LogP) is 3.97. The van der Waals surface area contributed by atoms with Crippen LogP contribution in [0.5, 0.6) is 5.75 Å². The van der Waals surface area contributed by atoms with E-state index in [9.17, 15) is 13.2 Å². The van der Waals surface area contributed by atoms with Gasteiger partial charge in [0.05, 0.1) is 17.7 Å². The van der Waals surface area contributed by atoms with Gasteiger partial charge in [-0.1, -0.05) is 18.2 Å². The van der Waals surface area contributed by atoms with E-state index < -0.39 is 10.0 Å². The van der Waals surface area contributed by atoms with E-state index in [1.807, 2.05) is 19.9 Å². The van der Waals surface area contributed by atoms with Gasteiger partial charge in [-0.15, -0.1) is 0 Å². The van der Waals surface area contributed by atoms with Gasteiger partial charge in [0.25, 0.3) is 15.9 Å². The average molecular weight is 443 g/mol. The van der Waals surface area contributed by atoms with Crippen LogP contribution in [0.25, 0.3) is 0 Å². The molecule has 3 aromatic rings. The lowest BCUT2D eigenvalue weighted by molar-refractivity contribution is 0.0950. The number of rotatable bonds is 7. The van der Waals surface area contributed by atoms with Gasteiger partial charge < -0.3 is 14.5 Å². The van der Waals surface area contributed by atoms with Gasteiger partial charge in [-0.2, -0.15) is 0 Å². The second-order valence-corrected chi connectivity index (χ2v) is 9.21. The Labute approximate surface area is 182 Å². The summed E-state index contributed by atoms with van der Waals surface area (Å²) >= 11 is 0. The summed E-state index contributed by atoms with van der Waals surface area (Å²) < 4.78 is 38.4. The number of ether oxygens (including phenoxy) is 1. The normalized spacial score (nSPS) is 11.3. The topological polar surface area (TPSA) is 88.8 Å². The third-order valence-corrected chi connectivity index (χ3v) is 6.89. The number of carbonyl (C=O) groups excluding carboxylic acids is 1. The SMILES string of the molecule is COc1ccccc1N(C)S(=O)(=O)c1ccc(C)c(C(=O)NCc2cc(C)oc2C)c1. The fourth-order valence-corrected chi connectivity index (χ4v) is 4.55. The van der Waals surface area contributed by atoms with Crippen molar-refractivity contribution in [3.8, 4) is 5.75 Å². The molecule has 1 heterocycles. The van der Waals surface area contributed by atoms with Gasteiger partial charge in [0.1, 0.15) is 17.3 Å². The molecule has 164 valence electrons. The number of nitrogens with zero attached hydrogens (tertiary/aromatic N) is 1. The highest BCUT2D eigenvalue weighted by atomic mass is 32.2. The molecule has 0 saturated heterocycles. The van der Waals surface area contributed by atoms with E-state index in [2.05, 4.69) is 5.32 Å². The number of nitrogens with one attached hydrogen (secondary N) is 1.